The summed E-state index contributed by atoms with van der Waals surface area (Å²) in [5.74, 6) is 1.59. The minimum atomic E-state index is 0.704. The van der Waals surface area contributed by atoms with Crippen molar-refractivity contribution in [2.24, 2.45) is 0 Å². The maximum Gasteiger partial charge on any atom is 0.226 e. The maximum absolute atomic E-state index is 5.48. The summed E-state index contributed by atoms with van der Waals surface area (Å²) in [6.07, 6.45) is 0. The van der Waals surface area contributed by atoms with Crippen LogP contribution in [0.15, 0.2) is 54.6 Å². The Kier molecular flexibility index (Phi) is 5.03. The lowest BCUT2D eigenvalue weighted by Gasteiger charge is -2.27. The molecule has 1 aliphatic rings. The highest BCUT2D eigenvalue weighted by molar-refractivity contribution is 5.70. The summed E-state index contributed by atoms with van der Waals surface area (Å²) in [5, 5.41) is 0. The quantitative estimate of drug-likeness (QED) is 0.704. The molecule has 0 saturated carbocycles. The molecule has 5 heteroatoms. The van der Waals surface area contributed by atoms with E-state index in [1.807, 2.05) is 24.3 Å². The monoisotopic (exact) mass is 361 g/mol. The lowest BCUT2D eigenvalue weighted by molar-refractivity contribution is 0.122. The van der Waals surface area contributed by atoms with Crippen LogP contribution in [0.5, 0.6) is 5.75 Å². The largest absolute Gasteiger partial charge is 0.497 e. The molecule has 5 nitrogen and oxygen atoms in total. The van der Waals surface area contributed by atoms with Crippen LogP contribution in [0.25, 0.3) is 22.5 Å². The molecule has 0 bridgehead atoms. The minimum Gasteiger partial charge on any atom is -0.497 e. The molecule has 0 radical (unpaired) electrons. The van der Waals surface area contributed by atoms with Crippen LogP contribution in [-0.2, 0) is 4.74 Å². The fraction of sp³-hybridized carbons (Fsp3) is 0.273. The Morgan fingerprint density at radius 3 is 1.96 bits per heavy atom. The van der Waals surface area contributed by atoms with Crippen molar-refractivity contribution in [2.75, 3.05) is 38.3 Å². The SMILES string of the molecule is COc1ccc(-c2cc(-c3ccc(C)cc3)nc(N3CCOCC3)n2)cc1. The van der Waals surface area contributed by atoms with Gasteiger partial charge in [-0.05, 0) is 37.3 Å². The highest BCUT2D eigenvalue weighted by atomic mass is 16.5. The van der Waals surface area contributed by atoms with Gasteiger partial charge in [-0.15, -0.1) is 0 Å². The van der Waals surface area contributed by atoms with Crippen molar-refractivity contribution in [1.82, 2.24) is 9.97 Å². The molecular weight excluding hydrogens is 338 g/mol. The number of benzene rings is 2. The van der Waals surface area contributed by atoms with E-state index in [1.165, 1.54) is 5.56 Å². The Hall–Kier alpha value is -2.92. The van der Waals surface area contributed by atoms with Crippen molar-refractivity contribution >= 4 is 5.95 Å². The Bertz CT molecular complexity index is 902. The molecule has 138 valence electrons. The van der Waals surface area contributed by atoms with Gasteiger partial charge >= 0.3 is 0 Å². The molecule has 27 heavy (non-hydrogen) atoms. The second-order valence-electron chi connectivity index (χ2n) is 6.63. The Morgan fingerprint density at radius 2 is 1.41 bits per heavy atom. The van der Waals surface area contributed by atoms with Gasteiger partial charge in [0.2, 0.25) is 5.95 Å². The summed E-state index contributed by atoms with van der Waals surface area (Å²) in [6.45, 7) is 5.11. The van der Waals surface area contributed by atoms with Crippen molar-refractivity contribution in [2.45, 2.75) is 6.92 Å². The third-order valence-electron chi connectivity index (χ3n) is 4.74. The van der Waals surface area contributed by atoms with Crippen molar-refractivity contribution in [3.63, 3.8) is 0 Å². The van der Waals surface area contributed by atoms with Crippen LogP contribution < -0.4 is 9.64 Å². The number of aromatic nitrogens is 2. The minimum absolute atomic E-state index is 0.704. The zero-order valence-electron chi connectivity index (χ0n) is 15.7. The fourth-order valence-electron chi connectivity index (χ4n) is 3.12. The third kappa shape index (κ3) is 3.93. The molecule has 0 amide bonds. The van der Waals surface area contributed by atoms with Gasteiger partial charge in [0.15, 0.2) is 0 Å². The summed E-state index contributed by atoms with van der Waals surface area (Å²) in [6, 6.07) is 18.5. The molecular formula is C22H23N3O2. The number of hydrogen-bond acceptors (Lipinski definition) is 5. The van der Waals surface area contributed by atoms with Crippen LogP contribution >= 0.6 is 0 Å². The van der Waals surface area contributed by atoms with Gasteiger partial charge in [-0.1, -0.05) is 29.8 Å². The summed E-state index contributed by atoms with van der Waals surface area (Å²) in [4.78, 5) is 11.9. The van der Waals surface area contributed by atoms with Crippen LogP contribution in [0, 0.1) is 6.92 Å². The van der Waals surface area contributed by atoms with Crippen molar-refractivity contribution in [3.05, 3.63) is 60.2 Å². The zero-order valence-corrected chi connectivity index (χ0v) is 15.7. The van der Waals surface area contributed by atoms with E-state index in [1.54, 1.807) is 7.11 Å². The smallest absolute Gasteiger partial charge is 0.226 e. The standard InChI is InChI=1S/C22H23N3O2/c1-16-3-5-17(6-4-16)20-15-21(18-7-9-19(26-2)10-8-18)24-22(23-20)25-11-13-27-14-12-25/h3-10,15H,11-14H2,1-2H3. The van der Waals surface area contributed by atoms with Crippen molar-refractivity contribution in [3.8, 4) is 28.3 Å². The zero-order chi connectivity index (χ0) is 18.6. The lowest BCUT2D eigenvalue weighted by atomic mass is 10.1. The predicted octanol–water partition coefficient (Wildman–Crippen LogP) is 3.96. The Balaban J connectivity index is 1.78. The van der Waals surface area contributed by atoms with E-state index in [2.05, 4.69) is 42.2 Å². The molecule has 0 N–H and O–H groups in total. The molecule has 1 saturated heterocycles. The van der Waals surface area contributed by atoms with Gasteiger partial charge in [0.25, 0.3) is 0 Å². The predicted molar refractivity (Wildman–Crippen MR) is 107 cm³/mol. The number of aryl methyl sites for hydroxylation is 1. The first-order valence-corrected chi connectivity index (χ1v) is 9.16. The van der Waals surface area contributed by atoms with Gasteiger partial charge in [-0.25, -0.2) is 9.97 Å². The molecule has 0 spiro atoms. The number of anilines is 1. The molecule has 0 unspecified atom stereocenters. The molecule has 1 fully saturated rings. The van der Waals surface area contributed by atoms with Crippen LogP contribution in [-0.4, -0.2) is 43.4 Å². The summed E-state index contributed by atoms with van der Waals surface area (Å²) >= 11 is 0. The van der Waals surface area contributed by atoms with Crippen LogP contribution in [0.1, 0.15) is 5.56 Å². The average Bonchev–Trinajstić information content (AvgIpc) is 2.74. The van der Waals surface area contributed by atoms with Crippen molar-refractivity contribution in [1.29, 1.82) is 0 Å². The number of rotatable bonds is 4. The highest BCUT2D eigenvalue weighted by Gasteiger charge is 2.17. The highest BCUT2D eigenvalue weighted by Crippen LogP contribution is 2.28. The molecule has 2 heterocycles. The molecule has 0 aliphatic carbocycles. The maximum atomic E-state index is 5.48. The normalized spacial score (nSPS) is 14.2. The van der Waals surface area contributed by atoms with Gasteiger partial charge in [-0.3, -0.25) is 0 Å². The average molecular weight is 361 g/mol. The van der Waals surface area contributed by atoms with Gasteiger partial charge in [0.1, 0.15) is 5.75 Å². The number of hydrogen-bond donors (Lipinski definition) is 0. The first-order chi connectivity index (χ1) is 13.2. The van der Waals surface area contributed by atoms with E-state index in [9.17, 15) is 0 Å². The van der Waals surface area contributed by atoms with Crippen LogP contribution in [0.3, 0.4) is 0 Å². The molecule has 3 aromatic rings. The number of methoxy groups -OCH3 is 1. The van der Waals surface area contributed by atoms with Crippen LogP contribution in [0.2, 0.25) is 0 Å². The van der Waals surface area contributed by atoms with Gasteiger partial charge in [0, 0.05) is 24.2 Å². The number of ether oxygens (including phenoxy) is 2. The molecule has 0 atom stereocenters. The molecule has 2 aromatic carbocycles. The molecule has 4 rings (SSSR count). The fourth-order valence-corrected chi connectivity index (χ4v) is 3.12. The first-order valence-electron chi connectivity index (χ1n) is 9.16. The first kappa shape index (κ1) is 17.5. The van der Waals surface area contributed by atoms with Gasteiger partial charge in [0.05, 0.1) is 31.7 Å². The van der Waals surface area contributed by atoms with E-state index in [0.717, 1.165) is 47.3 Å². The van der Waals surface area contributed by atoms with E-state index in [4.69, 9.17) is 19.4 Å². The number of morpholine rings is 1. The van der Waals surface area contributed by atoms with E-state index in [0.29, 0.717) is 13.2 Å². The summed E-state index contributed by atoms with van der Waals surface area (Å²) < 4.78 is 10.8. The number of nitrogens with zero attached hydrogens (tertiary/aromatic N) is 3. The summed E-state index contributed by atoms with van der Waals surface area (Å²) in [5.41, 5.74) is 5.20. The Morgan fingerprint density at radius 1 is 0.852 bits per heavy atom. The van der Waals surface area contributed by atoms with Gasteiger partial charge in [-0.2, -0.15) is 0 Å². The third-order valence-corrected chi connectivity index (χ3v) is 4.74. The second-order valence-corrected chi connectivity index (χ2v) is 6.63. The van der Waals surface area contributed by atoms with E-state index >= 15 is 0 Å². The van der Waals surface area contributed by atoms with E-state index in [-0.39, 0.29) is 0 Å². The topological polar surface area (TPSA) is 47.5 Å². The van der Waals surface area contributed by atoms with Gasteiger partial charge < -0.3 is 14.4 Å². The van der Waals surface area contributed by atoms with E-state index < -0.39 is 0 Å². The van der Waals surface area contributed by atoms with Crippen LogP contribution in [0.4, 0.5) is 5.95 Å². The summed E-state index contributed by atoms with van der Waals surface area (Å²) in [7, 11) is 1.67. The molecule has 1 aromatic heterocycles. The lowest BCUT2D eigenvalue weighted by Crippen LogP contribution is -2.37. The second kappa shape index (κ2) is 7.76. The molecule has 1 aliphatic heterocycles. The van der Waals surface area contributed by atoms with Crippen molar-refractivity contribution < 1.29 is 9.47 Å². The Labute approximate surface area is 159 Å².